The molecule has 1 aromatic rings. The largest absolute Gasteiger partial charge is 0.508 e. The van der Waals surface area contributed by atoms with Crippen LogP contribution in [-0.4, -0.2) is 5.11 Å². The summed E-state index contributed by atoms with van der Waals surface area (Å²) in [5.41, 5.74) is 2.19. The van der Waals surface area contributed by atoms with Crippen molar-refractivity contribution < 1.29 is 5.11 Å². The van der Waals surface area contributed by atoms with E-state index in [4.69, 9.17) is 0 Å². The summed E-state index contributed by atoms with van der Waals surface area (Å²) in [6.07, 6.45) is 2.11. The van der Waals surface area contributed by atoms with Crippen molar-refractivity contribution in [2.45, 2.75) is 33.6 Å². The molecule has 1 aromatic carbocycles. The van der Waals surface area contributed by atoms with Gasteiger partial charge in [0.25, 0.3) is 0 Å². The Kier molecular flexibility index (Phi) is 3.35. The first kappa shape index (κ1) is 10.1. The van der Waals surface area contributed by atoms with Crippen LogP contribution < -0.4 is 0 Å². The van der Waals surface area contributed by atoms with Crippen molar-refractivity contribution in [2.24, 2.45) is 5.92 Å². The van der Waals surface area contributed by atoms with Gasteiger partial charge in [-0.1, -0.05) is 26.0 Å². The lowest BCUT2D eigenvalue weighted by Crippen LogP contribution is -1.92. The molecule has 0 aliphatic carbocycles. The summed E-state index contributed by atoms with van der Waals surface area (Å²) in [5.74, 6) is 1.14. The van der Waals surface area contributed by atoms with Gasteiger partial charge in [0, 0.05) is 0 Å². The van der Waals surface area contributed by atoms with Crippen LogP contribution in [0.15, 0.2) is 18.2 Å². The fourth-order valence-electron chi connectivity index (χ4n) is 1.33. The second kappa shape index (κ2) is 4.31. The summed E-state index contributed by atoms with van der Waals surface area (Å²) in [6.45, 7) is 6.39. The first-order chi connectivity index (χ1) is 6.09. The number of hydrogen-bond donors (Lipinski definition) is 1. The van der Waals surface area contributed by atoms with E-state index < -0.39 is 0 Å². The van der Waals surface area contributed by atoms with E-state index >= 15 is 0 Å². The minimum absolute atomic E-state index is 0.445. The van der Waals surface area contributed by atoms with E-state index in [1.54, 1.807) is 0 Å². The van der Waals surface area contributed by atoms with Crippen LogP contribution in [0.5, 0.6) is 5.75 Å². The summed E-state index contributed by atoms with van der Waals surface area (Å²) in [5, 5.41) is 9.60. The highest BCUT2D eigenvalue weighted by Crippen LogP contribution is 2.21. The van der Waals surface area contributed by atoms with E-state index in [0.29, 0.717) is 11.7 Å². The van der Waals surface area contributed by atoms with E-state index in [1.807, 2.05) is 19.1 Å². The van der Waals surface area contributed by atoms with Crippen LogP contribution in [0.25, 0.3) is 0 Å². The van der Waals surface area contributed by atoms with E-state index in [9.17, 15) is 5.11 Å². The number of phenols is 1. The molecule has 0 unspecified atom stereocenters. The number of benzene rings is 1. The maximum Gasteiger partial charge on any atom is 0.119 e. The van der Waals surface area contributed by atoms with Crippen molar-refractivity contribution in [3.05, 3.63) is 29.3 Å². The van der Waals surface area contributed by atoms with Gasteiger partial charge in [0.2, 0.25) is 0 Å². The van der Waals surface area contributed by atoms with Gasteiger partial charge in [-0.05, 0) is 42.9 Å². The highest BCUT2D eigenvalue weighted by atomic mass is 16.3. The molecule has 72 valence electrons. The number of aryl methyl sites for hydroxylation is 2. The molecule has 1 N–H and O–H groups in total. The SMILES string of the molecule is Cc1ccc(CCC(C)C)c(O)c1. The molecule has 0 fully saturated rings. The molecule has 0 heterocycles. The molecule has 0 aromatic heterocycles. The van der Waals surface area contributed by atoms with Crippen molar-refractivity contribution in [3.8, 4) is 5.75 Å². The monoisotopic (exact) mass is 178 g/mol. The summed E-state index contributed by atoms with van der Waals surface area (Å²) in [7, 11) is 0. The highest BCUT2D eigenvalue weighted by molar-refractivity contribution is 5.35. The number of aromatic hydroxyl groups is 1. The second-order valence-corrected chi connectivity index (χ2v) is 4.06. The van der Waals surface area contributed by atoms with Gasteiger partial charge >= 0.3 is 0 Å². The molecule has 0 saturated heterocycles. The Balaban J connectivity index is 2.67. The Bertz CT molecular complexity index is 276. The van der Waals surface area contributed by atoms with Crippen LogP contribution >= 0.6 is 0 Å². The van der Waals surface area contributed by atoms with Crippen molar-refractivity contribution in [2.75, 3.05) is 0 Å². The van der Waals surface area contributed by atoms with E-state index in [0.717, 1.165) is 24.0 Å². The molecule has 0 amide bonds. The number of hydrogen-bond acceptors (Lipinski definition) is 1. The zero-order valence-corrected chi connectivity index (χ0v) is 8.67. The van der Waals surface area contributed by atoms with E-state index in [-0.39, 0.29) is 0 Å². The average Bonchev–Trinajstić information content (AvgIpc) is 2.02. The molecular formula is C12H18O. The third-order valence-electron chi connectivity index (χ3n) is 2.23. The summed E-state index contributed by atoms with van der Waals surface area (Å²) >= 11 is 0. The van der Waals surface area contributed by atoms with Gasteiger partial charge in [-0.25, -0.2) is 0 Å². The quantitative estimate of drug-likeness (QED) is 0.753. The van der Waals surface area contributed by atoms with Crippen LogP contribution in [0, 0.1) is 12.8 Å². The molecule has 0 bridgehead atoms. The van der Waals surface area contributed by atoms with Crippen LogP contribution in [-0.2, 0) is 6.42 Å². The van der Waals surface area contributed by atoms with Gasteiger partial charge in [-0.2, -0.15) is 0 Å². The molecule has 1 rings (SSSR count). The lowest BCUT2D eigenvalue weighted by molar-refractivity contribution is 0.463. The molecule has 0 spiro atoms. The molecule has 1 heteroatoms. The maximum absolute atomic E-state index is 9.60. The maximum atomic E-state index is 9.60. The smallest absolute Gasteiger partial charge is 0.119 e. The molecule has 1 nitrogen and oxygen atoms in total. The van der Waals surface area contributed by atoms with Gasteiger partial charge in [0.05, 0.1) is 0 Å². The number of phenolic OH excluding ortho intramolecular Hbond substituents is 1. The topological polar surface area (TPSA) is 20.2 Å². The van der Waals surface area contributed by atoms with Crippen LogP contribution in [0.1, 0.15) is 31.4 Å². The van der Waals surface area contributed by atoms with E-state index in [1.165, 1.54) is 0 Å². The summed E-state index contributed by atoms with van der Waals surface area (Å²) in [6, 6.07) is 5.90. The summed E-state index contributed by atoms with van der Waals surface area (Å²) < 4.78 is 0. The standard InChI is InChI=1S/C12H18O/c1-9(2)4-6-11-7-5-10(3)8-12(11)13/h5,7-9,13H,4,6H2,1-3H3. The van der Waals surface area contributed by atoms with E-state index in [2.05, 4.69) is 19.9 Å². The fraction of sp³-hybridized carbons (Fsp3) is 0.500. The lowest BCUT2D eigenvalue weighted by atomic mass is 10.0. The van der Waals surface area contributed by atoms with Crippen LogP contribution in [0.3, 0.4) is 0 Å². The van der Waals surface area contributed by atoms with Gasteiger partial charge in [0.15, 0.2) is 0 Å². The molecule has 0 aliphatic rings. The Morgan fingerprint density at radius 1 is 1.31 bits per heavy atom. The van der Waals surface area contributed by atoms with Gasteiger partial charge < -0.3 is 5.11 Å². The zero-order chi connectivity index (χ0) is 9.84. The Labute approximate surface area is 80.4 Å². The molecule has 0 saturated carbocycles. The normalized spacial score (nSPS) is 10.8. The highest BCUT2D eigenvalue weighted by Gasteiger charge is 2.02. The molecule has 0 atom stereocenters. The molecule has 13 heavy (non-hydrogen) atoms. The van der Waals surface area contributed by atoms with Crippen molar-refractivity contribution in [3.63, 3.8) is 0 Å². The predicted octanol–water partition coefficient (Wildman–Crippen LogP) is 3.29. The zero-order valence-electron chi connectivity index (χ0n) is 8.67. The molecule has 0 radical (unpaired) electrons. The van der Waals surface area contributed by atoms with Gasteiger partial charge in [0.1, 0.15) is 5.75 Å². The fourth-order valence-corrected chi connectivity index (χ4v) is 1.33. The third-order valence-corrected chi connectivity index (χ3v) is 2.23. The Morgan fingerprint density at radius 2 is 2.00 bits per heavy atom. The first-order valence-corrected chi connectivity index (χ1v) is 4.88. The number of rotatable bonds is 3. The van der Waals surface area contributed by atoms with Crippen LogP contribution in [0.2, 0.25) is 0 Å². The Hall–Kier alpha value is -0.980. The Morgan fingerprint density at radius 3 is 2.54 bits per heavy atom. The van der Waals surface area contributed by atoms with Gasteiger partial charge in [-0.3, -0.25) is 0 Å². The van der Waals surface area contributed by atoms with Crippen molar-refractivity contribution >= 4 is 0 Å². The average molecular weight is 178 g/mol. The predicted molar refractivity (Wildman–Crippen MR) is 56.0 cm³/mol. The molecule has 0 aliphatic heterocycles. The minimum atomic E-state index is 0.445. The van der Waals surface area contributed by atoms with Crippen molar-refractivity contribution in [1.82, 2.24) is 0 Å². The minimum Gasteiger partial charge on any atom is -0.508 e. The second-order valence-electron chi connectivity index (χ2n) is 4.06. The first-order valence-electron chi connectivity index (χ1n) is 4.88. The van der Waals surface area contributed by atoms with Gasteiger partial charge in [-0.15, -0.1) is 0 Å². The van der Waals surface area contributed by atoms with Crippen molar-refractivity contribution in [1.29, 1.82) is 0 Å². The lowest BCUT2D eigenvalue weighted by Gasteiger charge is -2.07. The third kappa shape index (κ3) is 3.10. The van der Waals surface area contributed by atoms with Crippen LogP contribution in [0.4, 0.5) is 0 Å². The summed E-state index contributed by atoms with van der Waals surface area (Å²) in [4.78, 5) is 0. The molecular weight excluding hydrogens is 160 g/mol.